The highest BCUT2D eigenvalue weighted by molar-refractivity contribution is 9.10. The summed E-state index contributed by atoms with van der Waals surface area (Å²) in [4.78, 5) is 24.5. The number of rotatable bonds is 7. The van der Waals surface area contributed by atoms with Gasteiger partial charge in [0.05, 0.1) is 5.56 Å². The van der Waals surface area contributed by atoms with Gasteiger partial charge in [-0.15, -0.1) is 0 Å². The van der Waals surface area contributed by atoms with Gasteiger partial charge in [0.25, 0.3) is 0 Å². The second kappa shape index (κ2) is 9.52. The molecule has 0 atom stereocenters. The Morgan fingerprint density at radius 1 is 0.828 bits per heavy atom. The van der Waals surface area contributed by atoms with Gasteiger partial charge in [-0.3, -0.25) is 4.79 Å². The zero-order valence-corrected chi connectivity index (χ0v) is 17.9. The number of hydrogen-bond acceptors (Lipinski definition) is 4. The minimum absolute atomic E-state index is 0.221. The average molecular weight is 453 g/mol. The lowest BCUT2D eigenvalue weighted by Crippen LogP contribution is -2.14. The zero-order valence-electron chi connectivity index (χ0n) is 16.3. The number of Topliss-reactive ketones (excluding diaryl/α,β-unsaturated/α-hetero) is 1. The number of ketones is 1. The van der Waals surface area contributed by atoms with Gasteiger partial charge in [0.1, 0.15) is 12.4 Å². The fourth-order valence-electron chi connectivity index (χ4n) is 2.65. The first-order valence-corrected chi connectivity index (χ1v) is 9.96. The highest BCUT2D eigenvalue weighted by Gasteiger charge is 2.12. The summed E-state index contributed by atoms with van der Waals surface area (Å²) in [5.41, 5.74) is 4.01. The van der Waals surface area contributed by atoms with Crippen molar-refractivity contribution in [2.45, 2.75) is 20.5 Å². The lowest BCUT2D eigenvalue weighted by molar-refractivity contribution is 0.0474. The molecular formula is C24H21BrO4. The van der Waals surface area contributed by atoms with E-state index in [4.69, 9.17) is 9.47 Å². The van der Waals surface area contributed by atoms with E-state index in [1.165, 1.54) is 0 Å². The van der Waals surface area contributed by atoms with Crippen LogP contribution in [0.4, 0.5) is 0 Å². The third-order valence-corrected chi connectivity index (χ3v) is 5.10. The number of carbonyl (C=O) groups excluding carboxylic acids is 2. The van der Waals surface area contributed by atoms with E-state index in [9.17, 15) is 9.59 Å². The first-order chi connectivity index (χ1) is 13.9. The van der Waals surface area contributed by atoms with Gasteiger partial charge in [-0.05, 0) is 73.0 Å². The molecule has 5 heteroatoms. The van der Waals surface area contributed by atoms with Crippen molar-refractivity contribution in [1.82, 2.24) is 0 Å². The molecule has 0 radical (unpaired) electrons. The van der Waals surface area contributed by atoms with Gasteiger partial charge in [-0.1, -0.05) is 40.2 Å². The maximum atomic E-state index is 12.2. The third kappa shape index (κ3) is 5.78. The molecule has 0 aromatic heterocycles. The molecule has 3 aromatic carbocycles. The summed E-state index contributed by atoms with van der Waals surface area (Å²) in [5.74, 6) is 0.0186. The Balaban J connectivity index is 1.52. The number of benzene rings is 3. The fourth-order valence-corrected chi connectivity index (χ4v) is 2.91. The zero-order chi connectivity index (χ0) is 20.8. The van der Waals surface area contributed by atoms with Crippen LogP contribution in [-0.2, 0) is 11.3 Å². The molecule has 0 bridgehead atoms. The van der Waals surface area contributed by atoms with Crippen LogP contribution in [0.5, 0.6) is 5.75 Å². The molecule has 0 aliphatic heterocycles. The van der Waals surface area contributed by atoms with Crippen LogP contribution in [-0.4, -0.2) is 18.4 Å². The van der Waals surface area contributed by atoms with Crippen molar-refractivity contribution in [2.24, 2.45) is 0 Å². The van der Waals surface area contributed by atoms with Crippen LogP contribution in [0.1, 0.15) is 37.4 Å². The Labute approximate surface area is 178 Å². The quantitative estimate of drug-likeness (QED) is 0.341. The largest absolute Gasteiger partial charge is 0.489 e. The standard InChI is InChI=1S/C24H21BrO4/c1-16-3-6-20(13-17(16)2)23(26)15-29-24(27)19-7-4-18(5-8-19)14-28-22-11-9-21(25)10-12-22/h3-13H,14-15H2,1-2H3. The van der Waals surface area contributed by atoms with Gasteiger partial charge in [-0.25, -0.2) is 4.79 Å². The Morgan fingerprint density at radius 2 is 1.48 bits per heavy atom. The Kier molecular flexibility index (Phi) is 6.83. The van der Waals surface area contributed by atoms with Crippen LogP contribution in [0.3, 0.4) is 0 Å². The molecular weight excluding hydrogens is 432 g/mol. The molecule has 148 valence electrons. The molecule has 3 rings (SSSR count). The molecule has 0 saturated heterocycles. The van der Waals surface area contributed by atoms with Crippen molar-refractivity contribution >= 4 is 27.7 Å². The van der Waals surface area contributed by atoms with Crippen molar-refractivity contribution in [3.63, 3.8) is 0 Å². The maximum absolute atomic E-state index is 12.2. The van der Waals surface area contributed by atoms with E-state index in [1.807, 2.05) is 50.2 Å². The fraction of sp³-hybridized carbons (Fsp3) is 0.167. The Morgan fingerprint density at radius 3 is 2.14 bits per heavy atom. The number of ether oxygens (including phenoxy) is 2. The summed E-state index contributed by atoms with van der Waals surface area (Å²) in [6, 6.07) is 20.0. The number of hydrogen-bond donors (Lipinski definition) is 0. The Hall–Kier alpha value is -2.92. The van der Waals surface area contributed by atoms with Gasteiger partial charge in [0, 0.05) is 10.0 Å². The van der Waals surface area contributed by atoms with Gasteiger partial charge in [0.2, 0.25) is 0 Å². The molecule has 0 unspecified atom stereocenters. The lowest BCUT2D eigenvalue weighted by Gasteiger charge is -2.08. The number of halogens is 1. The number of aryl methyl sites for hydroxylation is 2. The first-order valence-electron chi connectivity index (χ1n) is 9.17. The molecule has 0 saturated carbocycles. The predicted molar refractivity (Wildman–Crippen MR) is 115 cm³/mol. The molecule has 29 heavy (non-hydrogen) atoms. The molecule has 0 aliphatic rings. The highest BCUT2D eigenvalue weighted by atomic mass is 79.9. The maximum Gasteiger partial charge on any atom is 0.338 e. The smallest absolute Gasteiger partial charge is 0.338 e. The van der Waals surface area contributed by atoms with E-state index >= 15 is 0 Å². The van der Waals surface area contributed by atoms with Crippen LogP contribution in [0.2, 0.25) is 0 Å². The summed E-state index contributed by atoms with van der Waals surface area (Å²) in [6.45, 7) is 4.04. The lowest BCUT2D eigenvalue weighted by atomic mass is 10.0. The molecule has 0 N–H and O–H groups in total. The molecule has 0 amide bonds. The van der Waals surface area contributed by atoms with Crippen LogP contribution in [0.15, 0.2) is 71.2 Å². The average Bonchev–Trinajstić information content (AvgIpc) is 2.73. The van der Waals surface area contributed by atoms with Gasteiger partial charge < -0.3 is 9.47 Å². The summed E-state index contributed by atoms with van der Waals surface area (Å²) in [7, 11) is 0. The third-order valence-electron chi connectivity index (χ3n) is 4.57. The van der Waals surface area contributed by atoms with Crippen LogP contribution in [0, 0.1) is 13.8 Å². The van der Waals surface area contributed by atoms with Crippen molar-refractivity contribution < 1.29 is 19.1 Å². The number of carbonyl (C=O) groups is 2. The van der Waals surface area contributed by atoms with Gasteiger partial charge in [-0.2, -0.15) is 0 Å². The summed E-state index contributed by atoms with van der Waals surface area (Å²) >= 11 is 3.38. The molecule has 4 nitrogen and oxygen atoms in total. The van der Waals surface area contributed by atoms with Crippen molar-refractivity contribution in [3.8, 4) is 5.75 Å². The Bertz CT molecular complexity index is 1010. The molecule has 0 spiro atoms. The first kappa shape index (κ1) is 20.8. The summed E-state index contributed by atoms with van der Waals surface area (Å²) < 4.78 is 11.9. The highest BCUT2D eigenvalue weighted by Crippen LogP contribution is 2.18. The monoisotopic (exact) mass is 452 g/mol. The van der Waals surface area contributed by atoms with Gasteiger partial charge in [0.15, 0.2) is 12.4 Å². The predicted octanol–water partition coefficient (Wildman–Crippen LogP) is 5.68. The van der Waals surface area contributed by atoms with E-state index in [0.29, 0.717) is 17.7 Å². The number of esters is 1. The SMILES string of the molecule is Cc1ccc(C(=O)COC(=O)c2ccc(COc3ccc(Br)cc3)cc2)cc1C. The van der Waals surface area contributed by atoms with Crippen LogP contribution < -0.4 is 4.74 Å². The van der Waals surface area contributed by atoms with Gasteiger partial charge >= 0.3 is 5.97 Å². The van der Waals surface area contributed by atoms with E-state index in [0.717, 1.165) is 26.9 Å². The van der Waals surface area contributed by atoms with Crippen molar-refractivity contribution in [2.75, 3.05) is 6.61 Å². The molecule has 3 aromatic rings. The van der Waals surface area contributed by atoms with E-state index in [-0.39, 0.29) is 12.4 Å². The minimum atomic E-state index is -0.525. The van der Waals surface area contributed by atoms with Crippen LogP contribution in [0.25, 0.3) is 0 Å². The molecule has 0 fully saturated rings. The van der Waals surface area contributed by atoms with E-state index < -0.39 is 5.97 Å². The summed E-state index contributed by atoms with van der Waals surface area (Å²) in [5, 5.41) is 0. The second-order valence-corrected chi connectivity index (χ2v) is 7.65. The van der Waals surface area contributed by atoms with Crippen LogP contribution >= 0.6 is 15.9 Å². The normalized spacial score (nSPS) is 10.4. The molecule has 0 aliphatic carbocycles. The summed E-state index contributed by atoms with van der Waals surface area (Å²) in [6.07, 6.45) is 0. The minimum Gasteiger partial charge on any atom is -0.489 e. The van der Waals surface area contributed by atoms with Crippen molar-refractivity contribution in [1.29, 1.82) is 0 Å². The van der Waals surface area contributed by atoms with Crippen molar-refractivity contribution in [3.05, 3.63) is 99.0 Å². The van der Waals surface area contributed by atoms with E-state index in [2.05, 4.69) is 15.9 Å². The molecule has 0 heterocycles. The second-order valence-electron chi connectivity index (χ2n) is 6.74. The topological polar surface area (TPSA) is 52.6 Å². The van der Waals surface area contributed by atoms with E-state index in [1.54, 1.807) is 30.3 Å².